The third kappa shape index (κ3) is 8.18. The number of para-hydroxylation sites is 1. The first-order chi connectivity index (χ1) is 18.2. The first-order valence-corrected chi connectivity index (χ1v) is 11.0. The van der Waals surface area contributed by atoms with E-state index in [4.69, 9.17) is 0 Å². The van der Waals surface area contributed by atoms with E-state index in [0.29, 0.717) is 5.69 Å². The summed E-state index contributed by atoms with van der Waals surface area (Å²) in [5.74, 6) is -3.11. The monoisotopic (exact) mass is 558 g/mol. The molecule has 0 fully saturated rings. The van der Waals surface area contributed by atoms with Crippen LogP contribution >= 0.6 is 0 Å². The Morgan fingerprint density at radius 2 is 1.62 bits per heavy atom. The van der Waals surface area contributed by atoms with Gasteiger partial charge >= 0.3 is 12.4 Å². The van der Waals surface area contributed by atoms with Crippen LogP contribution in [0.15, 0.2) is 48.8 Å². The van der Waals surface area contributed by atoms with Gasteiger partial charge in [0.25, 0.3) is 11.8 Å². The van der Waals surface area contributed by atoms with Crippen LogP contribution in [0.4, 0.5) is 32.0 Å². The number of hydrogen-bond acceptors (Lipinski definition) is 6. The summed E-state index contributed by atoms with van der Waals surface area (Å²) in [7, 11) is 0. The molecule has 0 atom stereocenters. The van der Waals surface area contributed by atoms with Crippen LogP contribution in [0, 0.1) is 0 Å². The number of carbonyl (C=O) groups is 3. The number of benzene rings is 1. The Hall–Kier alpha value is -4.63. The number of amides is 3. The van der Waals surface area contributed by atoms with Crippen molar-refractivity contribution in [2.45, 2.75) is 19.3 Å². The van der Waals surface area contributed by atoms with Crippen molar-refractivity contribution >= 4 is 23.4 Å². The normalized spacial score (nSPS) is 11.6. The average Bonchev–Trinajstić information content (AvgIpc) is 3.32. The number of rotatable bonds is 9. The van der Waals surface area contributed by atoms with Gasteiger partial charge in [0.15, 0.2) is 12.3 Å². The molecular formula is C23H20F6N6O4. The molecule has 1 aromatic carbocycles. The number of hydrogen-bond donors (Lipinski definition) is 3. The second kappa shape index (κ2) is 11.8. The molecule has 3 aromatic rings. The summed E-state index contributed by atoms with van der Waals surface area (Å²) in [5, 5.41) is 10.3. The molecule has 0 saturated heterocycles. The largest absolute Gasteiger partial charge is 0.467 e. The molecular weight excluding hydrogens is 538 g/mol. The summed E-state index contributed by atoms with van der Waals surface area (Å²) in [5.41, 5.74) is -2.28. The van der Waals surface area contributed by atoms with Gasteiger partial charge in [-0.15, -0.1) is 0 Å². The molecule has 39 heavy (non-hydrogen) atoms. The number of aromatic nitrogens is 3. The van der Waals surface area contributed by atoms with E-state index in [1.54, 1.807) is 18.2 Å². The van der Waals surface area contributed by atoms with Gasteiger partial charge < -0.3 is 20.7 Å². The van der Waals surface area contributed by atoms with E-state index in [0.717, 1.165) is 30.1 Å². The van der Waals surface area contributed by atoms with E-state index in [1.807, 2.05) is 0 Å². The summed E-state index contributed by atoms with van der Waals surface area (Å²) >= 11 is 0. The lowest BCUT2D eigenvalue weighted by Crippen LogP contribution is -2.35. The van der Waals surface area contributed by atoms with Gasteiger partial charge in [0.2, 0.25) is 11.8 Å². The van der Waals surface area contributed by atoms with Gasteiger partial charge in [-0.3, -0.25) is 14.4 Å². The highest BCUT2D eigenvalue weighted by Crippen LogP contribution is 2.31. The molecule has 16 heteroatoms. The Bertz CT molecular complexity index is 1340. The van der Waals surface area contributed by atoms with Gasteiger partial charge in [-0.05, 0) is 18.2 Å². The number of anilines is 1. The van der Waals surface area contributed by atoms with Crippen LogP contribution in [0.2, 0.25) is 0 Å². The van der Waals surface area contributed by atoms with Gasteiger partial charge in [0.1, 0.15) is 5.69 Å². The van der Waals surface area contributed by atoms with Crippen molar-refractivity contribution in [2.75, 3.05) is 25.0 Å². The zero-order valence-corrected chi connectivity index (χ0v) is 20.0. The highest BCUT2D eigenvalue weighted by Gasteiger charge is 2.39. The zero-order valence-electron chi connectivity index (χ0n) is 20.0. The number of nitrogens with zero attached hydrogens (tertiary/aromatic N) is 3. The molecule has 0 saturated carbocycles. The van der Waals surface area contributed by atoms with Crippen LogP contribution in [0.25, 0.3) is 5.69 Å². The lowest BCUT2D eigenvalue weighted by atomic mass is 10.2. The van der Waals surface area contributed by atoms with Crippen LogP contribution in [0.3, 0.4) is 0 Å². The van der Waals surface area contributed by atoms with Gasteiger partial charge in [-0.25, -0.2) is 9.67 Å². The average molecular weight is 558 g/mol. The fourth-order valence-electron chi connectivity index (χ4n) is 3.13. The molecule has 10 nitrogen and oxygen atoms in total. The molecule has 0 aliphatic rings. The Morgan fingerprint density at radius 3 is 2.21 bits per heavy atom. The van der Waals surface area contributed by atoms with E-state index in [9.17, 15) is 40.7 Å². The summed E-state index contributed by atoms with van der Waals surface area (Å²) in [4.78, 5) is 39.9. The predicted octanol–water partition coefficient (Wildman–Crippen LogP) is 3.35. The molecule has 3 amide bonds. The van der Waals surface area contributed by atoms with Gasteiger partial charge in [0, 0.05) is 32.4 Å². The van der Waals surface area contributed by atoms with Crippen molar-refractivity contribution in [2.24, 2.45) is 0 Å². The molecule has 0 radical (unpaired) electrons. The van der Waals surface area contributed by atoms with Crippen molar-refractivity contribution in [1.29, 1.82) is 0 Å². The fourth-order valence-corrected chi connectivity index (χ4v) is 3.13. The standard InChI is InChI=1S/C23H20F6N6O4/c1-13(36)33-17-9-14(10-32-21(17)39-12-22(24,25)26)19(37)30-7-8-31-20(38)16-11-35(15-5-3-2-4-6-15)34-18(16)23(27,28)29/h2-6,9-11H,7-8,12H2,1H3,(H,30,37)(H,31,38)(H,33,36). The first kappa shape index (κ1) is 28.9. The van der Waals surface area contributed by atoms with Crippen LogP contribution in [0.1, 0.15) is 33.3 Å². The van der Waals surface area contributed by atoms with Gasteiger partial charge in [-0.2, -0.15) is 31.4 Å². The Balaban J connectivity index is 1.63. The highest BCUT2D eigenvalue weighted by atomic mass is 19.4. The minimum Gasteiger partial charge on any atom is -0.467 e. The lowest BCUT2D eigenvalue weighted by molar-refractivity contribution is -0.154. The van der Waals surface area contributed by atoms with Gasteiger partial charge in [0.05, 0.1) is 16.8 Å². The number of ether oxygens (including phenoxy) is 1. The van der Waals surface area contributed by atoms with E-state index >= 15 is 0 Å². The third-order valence-electron chi connectivity index (χ3n) is 4.74. The predicted molar refractivity (Wildman–Crippen MR) is 123 cm³/mol. The minimum atomic E-state index is -4.91. The molecule has 0 aliphatic heterocycles. The second-order valence-corrected chi connectivity index (χ2v) is 7.84. The van der Waals surface area contributed by atoms with Crippen molar-refractivity contribution in [3.63, 3.8) is 0 Å². The molecule has 0 unspecified atom stereocenters. The SMILES string of the molecule is CC(=O)Nc1cc(C(=O)NCCNC(=O)c2cn(-c3ccccc3)nc2C(F)(F)F)cnc1OCC(F)(F)F. The number of carbonyl (C=O) groups excluding carboxylic acids is 3. The summed E-state index contributed by atoms with van der Waals surface area (Å²) in [6.45, 7) is -1.12. The maximum Gasteiger partial charge on any atom is 0.435 e. The van der Waals surface area contributed by atoms with Crippen LogP contribution in [-0.4, -0.2) is 58.4 Å². The van der Waals surface area contributed by atoms with Crippen molar-refractivity contribution in [1.82, 2.24) is 25.4 Å². The van der Waals surface area contributed by atoms with Crippen LogP contribution in [0.5, 0.6) is 5.88 Å². The molecule has 2 aromatic heterocycles. The van der Waals surface area contributed by atoms with E-state index < -0.39 is 53.8 Å². The van der Waals surface area contributed by atoms with E-state index in [2.05, 4.69) is 30.8 Å². The van der Waals surface area contributed by atoms with Gasteiger partial charge in [-0.1, -0.05) is 18.2 Å². The summed E-state index contributed by atoms with van der Waals surface area (Å²) in [6.07, 6.45) is -7.74. The van der Waals surface area contributed by atoms with E-state index in [1.165, 1.54) is 12.1 Å². The molecule has 2 heterocycles. The topological polar surface area (TPSA) is 127 Å². The second-order valence-electron chi connectivity index (χ2n) is 7.84. The Kier molecular flexibility index (Phi) is 8.78. The quantitative estimate of drug-likeness (QED) is 0.273. The van der Waals surface area contributed by atoms with Crippen molar-refractivity contribution in [3.8, 4) is 11.6 Å². The van der Waals surface area contributed by atoms with Crippen molar-refractivity contribution in [3.05, 3.63) is 65.6 Å². The minimum absolute atomic E-state index is 0.173. The summed E-state index contributed by atoms with van der Waals surface area (Å²) < 4.78 is 83.2. The maximum atomic E-state index is 13.5. The zero-order chi connectivity index (χ0) is 28.8. The maximum absolute atomic E-state index is 13.5. The summed E-state index contributed by atoms with van der Waals surface area (Å²) in [6, 6.07) is 8.88. The van der Waals surface area contributed by atoms with Crippen LogP contribution in [-0.2, 0) is 11.0 Å². The molecule has 0 bridgehead atoms. The molecule has 208 valence electrons. The highest BCUT2D eigenvalue weighted by molar-refractivity contribution is 5.97. The van der Waals surface area contributed by atoms with Crippen molar-refractivity contribution < 1.29 is 45.5 Å². The molecule has 0 spiro atoms. The smallest absolute Gasteiger partial charge is 0.435 e. The van der Waals surface area contributed by atoms with Crippen LogP contribution < -0.4 is 20.7 Å². The number of alkyl halides is 6. The van der Waals surface area contributed by atoms with E-state index in [-0.39, 0.29) is 24.3 Å². The number of pyridine rings is 1. The molecule has 3 rings (SSSR count). The third-order valence-corrected chi connectivity index (χ3v) is 4.74. The Morgan fingerprint density at radius 1 is 0.974 bits per heavy atom. The Labute approximate surface area is 216 Å². The molecule has 3 N–H and O–H groups in total. The molecule has 0 aliphatic carbocycles. The lowest BCUT2D eigenvalue weighted by Gasteiger charge is -2.13. The number of halogens is 6. The number of nitrogens with one attached hydrogen (secondary N) is 3. The fraction of sp³-hybridized carbons (Fsp3) is 0.261. The first-order valence-electron chi connectivity index (χ1n) is 11.0.